The van der Waals surface area contributed by atoms with Gasteiger partial charge in [-0.25, -0.2) is 9.97 Å². The van der Waals surface area contributed by atoms with Gasteiger partial charge in [0.05, 0.1) is 5.56 Å². The molecule has 0 atom stereocenters. The molecule has 0 unspecified atom stereocenters. The summed E-state index contributed by atoms with van der Waals surface area (Å²) < 4.78 is 39.3. The maximum atomic E-state index is 13.1. The second-order valence-electron chi connectivity index (χ2n) is 4.58. The van der Waals surface area contributed by atoms with E-state index in [-0.39, 0.29) is 17.2 Å². The molecule has 112 valence electrons. The number of anilines is 4. The van der Waals surface area contributed by atoms with Crippen molar-refractivity contribution in [1.29, 1.82) is 0 Å². The standard InChI is InChI=1S/C13H14F3N5/c1-21(2)10-4-3-8(5-9(10)13(14,15)16)20-12-6-11(17)18-7-19-12/h3-7H,1-2H3,(H3,17,18,19,20). The van der Waals surface area contributed by atoms with E-state index in [0.29, 0.717) is 5.82 Å². The maximum absolute atomic E-state index is 13.1. The molecule has 1 aromatic heterocycles. The summed E-state index contributed by atoms with van der Waals surface area (Å²) in [5, 5.41) is 2.77. The van der Waals surface area contributed by atoms with Crippen LogP contribution in [0.1, 0.15) is 5.56 Å². The summed E-state index contributed by atoms with van der Waals surface area (Å²) in [4.78, 5) is 9.02. The molecule has 0 aliphatic heterocycles. The van der Waals surface area contributed by atoms with Crippen molar-refractivity contribution >= 4 is 23.0 Å². The van der Waals surface area contributed by atoms with E-state index >= 15 is 0 Å². The Hall–Kier alpha value is -2.51. The zero-order chi connectivity index (χ0) is 15.6. The first-order chi connectivity index (χ1) is 9.77. The molecule has 3 N–H and O–H groups in total. The minimum absolute atomic E-state index is 0.0928. The summed E-state index contributed by atoms with van der Waals surface area (Å²) >= 11 is 0. The molecule has 0 spiro atoms. The smallest absolute Gasteiger partial charge is 0.384 e. The average molecular weight is 297 g/mol. The van der Waals surface area contributed by atoms with Crippen molar-refractivity contribution in [1.82, 2.24) is 9.97 Å². The Morgan fingerprint density at radius 3 is 2.43 bits per heavy atom. The monoisotopic (exact) mass is 297 g/mol. The summed E-state index contributed by atoms with van der Waals surface area (Å²) in [6, 6.07) is 5.42. The number of rotatable bonds is 3. The first-order valence-corrected chi connectivity index (χ1v) is 6.00. The fourth-order valence-corrected chi connectivity index (χ4v) is 1.82. The van der Waals surface area contributed by atoms with Gasteiger partial charge in [0.2, 0.25) is 0 Å². The largest absolute Gasteiger partial charge is 0.418 e. The maximum Gasteiger partial charge on any atom is 0.418 e. The van der Waals surface area contributed by atoms with E-state index in [4.69, 9.17) is 5.73 Å². The van der Waals surface area contributed by atoms with Gasteiger partial charge >= 0.3 is 6.18 Å². The van der Waals surface area contributed by atoms with Crippen LogP contribution in [0.2, 0.25) is 0 Å². The molecule has 2 rings (SSSR count). The normalized spacial score (nSPS) is 11.3. The Labute approximate surface area is 119 Å². The molecule has 0 bridgehead atoms. The predicted molar refractivity (Wildman–Crippen MR) is 75.5 cm³/mol. The lowest BCUT2D eigenvalue weighted by Crippen LogP contribution is -2.16. The van der Waals surface area contributed by atoms with Crippen LogP contribution in [0.25, 0.3) is 0 Å². The molecule has 0 amide bonds. The lowest BCUT2D eigenvalue weighted by molar-refractivity contribution is -0.137. The van der Waals surface area contributed by atoms with Crippen molar-refractivity contribution in [3.05, 3.63) is 36.2 Å². The zero-order valence-electron chi connectivity index (χ0n) is 11.4. The number of nitrogens with zero attached hydrogens (tertiary/aromatic N) is 3. The third-order valence-electron chi connectivity index (χ3n) is 2.74. The topological polar surface area (TPSA) is 67.1 Å². The Kier molecular flexibility index (Phi) is 3.88. The van der Waals surface area contributed by atoms with Crippen LogP contribution >= 0.6 is 0 Å². The van der Waals surface area contributed by atoms with Crippen molar-refractivity contribution in [2.45, 2.75) is 6.18 Å². The second-order valence-corrected chi connectivity index (χ2v) is 4.58. The van der Waals surface area contributed by atoms with Gasteiger partial charge in [0.25, 0.3) is 0 Å². The third kappa shape index (κ3) is 3.53. The summed E-state index contributed by atoms with van der Waals surface area (Å²) in [6.07, 6.45) is -3.21. The highest BCUT2D eigenvalue weighted by Gasteiger charge is 2.34. The molecule has 1 aromatic carbocycles. The first kappa shape index (κ1) is 14.9. The molecule has 0 aliphatic carbocycles. The van der Waals surface area contributed by atoms with Crippen molar-refractivity contribution in [3.8, 4) is 0 Å². The molecule has 2 aromatic rings. The van der Waals surface area contributed by atoms with Gasteiger partial charge in [-0.1, -0.05) is 0 Å². The molecule has 0 radical (unpaired) electrons. The highest BCUT2D eigenvalue weighted by Crippen LogP contribution is 2.38. The Morgan fingerprint density at radius 2 is 1.86 bits per heavy atom. The fourth-order valence-electron chi connectivity index (χ4n) is 1.82. The van der Waals surface area contributed by atoms with Gasteiger partial charge in [-0.3, -0.25) is 0 Å². The van der Waals surface area contributed by atoms with E-state index in [0.717, 1.165) is 6.07 Å². The summed E-state index contributed by atoms with van der Waals surface area (Å²) in [7, 11) is 3.12. The lowest BCUT2D eigenvalue weighted by Gasteiger charge is -2.20. The Balaban J connectivity index is 2.38. The lowest BCUT2D eigenvalue weighted by atomic mass is 10.1. The number of halogens is 3. The number of nitrogen functional groups attached to an aromatic ring is 1. The van der Waals surface area contributed by atoms with Gasteiger partial charge in [-0.2, -0.15) is 13.2 Å². The van der Waals surface area contributed by atoms with Crippen LogP contribution in [-0.2, 0) is 6.18 Å². The highest BCUT2D eigenvalue weighted by atomic mass is 19.4. The van der Waals surface area contributed by atoms with Crippen LogP contribution in [0.3, 0.4) is 0 Å². The minimum atomic E-state index is -4.44. The van der Waals surface area contributed by atoms with E-state index < -0.39 is 11.7 Å². The van der Waals surface area contributed by atoms with Gasteiger partial charge < -0.3 is 16.0 Å². The van der Waals surface area contributed by atoms with E-state index in [1.54, 1.807) is 20.2 Å². The molecule has 0 aliphatic rings. The second kappa shape index (κ2) is 5.47. The Bertz CT molecular complexity index is 640. The molecule has 5 nitrogen and oxygen atoms in total. The third-order valence-corrected chi connectivity index (χ3v) is 2.74. The van der Waals surface area contributed by atoms with Crippen molar-refractivity contribution in [2.24, 2.45) is 0 Å². The van der Waals surface area contributed by atoms with E-state index in [1.165, 1.54) is 23.4 Å². The Morgan fingerprint density at radius 1 is 1.14 bits per heavy atom. The van der Waals surface area contributed by atoms with Gasteiger partial charge in [0, 0.05) is 31.5 Å². The highest BCUT2D eigenvalue weighted by molar-refractivity contribution is 5.65. The van der Waals surface area contributed by atoms with E-state index in [9.17, 15) is 13.2 Å². The average Bonchev–Trinajstić information content (AvgIpc) is 2.37. The van der Waals surface area contributed by atoms with E-state index in [2.05, 4.69) is 15.3 Å². The molecule has 21 heavy (non-hydrogen) atoms. The number of benzene rings is 1. The van der Waals surface area contributed by atoms with Crippen LogP contribution < -0.4 is 16.0 Å². The molecule has 0 fully saturated rings. The summed E-state index contributed by atoms with van der Waals surface area (Å²) in [6.45, 7) is 0. The molecule has 0 saturated carbocycles. The SMILES string of the molecule is CN(C)c1ccc(Nc2cc(N)ncn2)cc1C(F)(F)F. The van der Waals surface area contributed by atoms with Gasteiger partial charge in [-0.15, -0.1) is 0 Å². The minimum Gasteiger partial charge on any atom is -0.384 e. The van der Waals surface area contributed by atoms with Crippen LogP contribution in [0.4, 0.5) is 36.2 Å². The molecule has 0 saturated heterocycles. The van der Waals surface area contributed by atoms with Gasteiger partial charge in [0.1, 0.15) is 18.0 Å². The number of alkyl halides is 3. The predicted octanol–water partition coefficient (Wildman–Crippen LogP) is 2.89. The van der Waals surface area contributed by atoms with Crippen molar-refractivity contribution in [2.75, 3.05) is 30.0 Å². The number of aromatic nitrogens is 2. The number of nitrogens with two attached hydrogens (primary N) is 1. The van der Waals surface area contributed by atoms with Crippen molar-refractivity contribution in [3.63, 3.8) is 0 Å². The molecule has 1 heterocycles. The molecular formula is C13H14F3N5. The molecule has 8 heteroatoms. The first-order valence-electron chi connectivity index (χ1n) is 6.00. The number of nitrogens with one attached hydrogen (secondary N) is 1. The van der Waals surface area contributed by atoms with E-state index in [1.807, 2.05) is 0 Å². The molecular weight excluding hydrogens is 283 g/mol. The zero-order valence-corrected chi connectivity index (χ0v) is 11.4. The van der Waals surface area contributed by atoms with Gasteiger partial charge in [-0.05, 0) is 18.2 Å². The number of hydrogen-bond acceptors (Lipinski definition) is 5. The van der Waals surface area contributed by atoms with Crippen LogP contribution in [0.15, 0.2) is 30.6 Å². The van der Waals surface area contributed by atoms with Crippen LogP contribution in [0.5, 0.6) is 0 Å². The summed E-state index contributed by atoms with van der Waals surface area (Å²) in [5.74, 6) is 0.557. The van der Waals surface area contributed by atoms with Crippen LogP contribution in [0, 0.1) is 0 Å². The fraction of sp³-hybridized carbons (Fsp3) is 0.231. The van der Waals surface area contributed by atoms with Crippen molar-refractivity contribution < 1.29 is 13.2 Å². The summed E-state index contributed by atoms with van der Waals surface area (Å²) in [5.41, 5.74) is 5.14. The van der Waals surface area contributed by atoms with Gasteiger partial charge in [0.15, 0.2) is 0 Å². The number of hydrogen-bond donors (Lipinski definition) is 2. The van der Waals surface area contributed by atoms with Crippen LogP contribution in [-0.4, -0.2) is 24.1 Å². The quantitative estimate of drug-likeness (QED) is 0.912.